The molecule has 116 valence electrons. The standard InChI is InChI=1S/C14H27N3O3/c1-17(11-3-6-15-7-4-11)9-14(18)16-12-5-8-20-10-13(12)19-2/h11-13,15H,3-10H2,1-2H3,(H,16,18)/t12-,13-/m1/s1. The number of nitrogens with one attached hydrogen (secondary N) is 2. The number of methoxy groups -OCH3 is 1. The number of rotatable bonds is 5. The smallest absolute Gasteiger partial charge is 0.234 e. The molecule has 2 atom stereocenters. The van der Waals surface area contributed by atoms with Crippen LogP contribution < -0.4 is 10.6 Å². The molecule has 0 aromatic heterocycles. The lowest BCUT2D eigenvalue weighted by atomic mass is 10.0. The second kappa shape index (κ2) is 7.93. The molecule has 2 aliphatic heterocycles. The summed E-state index contributed by atoms with van der Waals surface area (Å²) in [5, 5.41) is 6.43. The molecule has 6 heteroatoms. The zero-order valence-electron chi connectivity index (χ0n) is 12.6. The van der Waals surface area contributed by atoms with E-state index in [2.05, 4.69) is 15.5 Å². The van der Waals surface area contributed by atoms with E-state index in [0.29, 0.717) is 25.8 Å². The van der Waals surface area contributed by atoms with Crippen molar-refractivity contribution in [1.29, 1.82) is 0 Å². The largest absolute Gasteiger partial charge is 0.379 e. The number of ether oxygens (including phenoxy) is 2. The Balaban J connectivity index is 1.75. The van der Waals surface area contributed by atoms with Gasteiger partial charge in [-0.1, -0.05) is 0 Å². The molecule has 1 amide bonds. The van der Waals surface area contributed by atoms with Crippen molar-refractivity contribution < 1.29 is 14.3 Å². The summed E-state index contributed by atoms with van der Waals surface area (Å²) in [5.41, 5.74) is 0. The third-order valence-electron chi connectivity index (χ3n) is 4.28. The van der Waals surface area contributed by atoms with Crippen molar-refractivity contribution in [3.63, 3.8) is 0 Å². The van der Waals surface area contributed by atoms with Crippen LogP contribution in [-0.2, 0) is 14.3 Å². The third kappa shape index (κ3) is 4.41. The average molecular weight is 285 g/mol. The first-order valence-electron chi connectivity index (χ1n) is 7.51. The first-order valence-corrected chi connectivity index (χ1v) is 7.51. The van der Waals surface area contributed by atoms with Gasteiger partial charge < -0.3 is 20.1 Å². The lowest BCUT2D eigenvalue weighted by Crippen LogP contribution is -2.52. The molecular formula is C14H27N3O3. The summed E-state index contributed by atoms with van der Waals surface area (Å²) in [6, 6.07) is 0.581. The van der Waals surface area contributed by atoms with Gasteiger partial charge in [-0.15, -0.1) is 0 Å². The zero-order chi connectivity index (χ0) is 14.4. The van der Waals surface area contributed by atoms with Crippen molar-refractivity contribution in [2.75, 3.05) is 47.0 Å². The van der Waals surface area contributed by atoms with E-state index in [4.69, 9.17) is 9.47 Å². The van der Waals surface area contributed by atoms with Crippen LogP contribution in [0.2, 0.25) is 0 Å². The van der Waals surface area contributed by atoms with E-state index in [1.165, 1.54) is 0 Å². The highest BCUT2D eigenvalue weighted by Crippen LogP contribution is 2.12. The van der Waals surface area contributed by atoms with Crippen LogP contribution in [0.5, 0.6) is 0 Å². The molecule has 2 N–H and O–H groups in total. The lowest BCUT2D eigenvalue weighted by molar-refractivity contribution is -0.126. The number of nitrogens with zero attached hydrogens (tertiary/aromatic N) is 1. The summed E-state index contributed by atoms with van der Waals surface area (Å²) in [7, 11) is 3.70. The maximum atomic E-state index is 12.2. The van der Waals surface area contributed by atoms with Gasteiger partial charge in [0.15, 0.2) is 0 Å². The van der Waals surface area contributed by atoms with E-state index in [-0.39, 0.29) is 18.1 Å². The van der Waals surface area contributed by atoms with Gasteiger partial charge in [0.05, 0.1) is 19.2 Å². The number of hydrogen-bond donors (Lipinski definition) is 2. The van der Waals surface area contributed by atoms with Crippen LogP contribution in [0.1, 0.15) is 19.3 Å². The quantitative estimate of drug-likeness (QED) is 0.719. The van der Waals surface area contributed by atoms with Gasteiger partial charge in [-0.2, -0.15) is 0 Å². The van der Waals surface area contributed by atoms with Gasteiger partial charge in [-0.05, 0) is 39.4 Å². The second-order valence-electron chi connectivity index (χ2n) is 5.71. The Labute approximate surface area is 121 Å². The molecule has 2 saturated heterocycles. The van der Waals surface area contributed by atoms with Gasteiger partial charge in [0.2, 0.25) is 5.91 Å². The average Bonchev–Trinajstić information content (AvgIpc) is 2.48. The number of carbonyl (C=O) groups is 1. The van der Waals surface area contributed by atoms with Crippen LogP contribution in [0.15, 0.2) is 0 Å². The Kier molecular flexibility index (Phi) is 6.22. The van der Waals surface area contributed by atoms with Crippen LogP contribution in [0.3, 0.4) is 0 Å². The molecular weight excluding hydrogens is 258 g/mol. The maximum Gasteiger partial charge on any atom is 0.234 e. The Morgan fingerprint density at radius 3 is 2.85 bits per heavy atom. The van der Waals surface area contributed by atoms with Crippen molar-refractivity contribution in [3.8, 4) is 0 Å². The van der Waals surface area contributed by atoms with Crippen molar-refractivity contribution >= 4 is 5.91 Å². The minimum absolute atomic E-state index is 0.0307. The minimum Gasteiger partial charge on any atom is -0.379 e. The topological polar surface area (TPSA) is 62.8 Å². The van der Waals surface area contributed by atoms with Gasteiger partial charge in [0.1, 0.15) is 6.10 Å². The van der Waals surface area contributed by atoms with Crippen molar-refractivity contribution in [3.05, 3.63) is 0 Å². The Morgan fingerprint density at radius 2 is 2.15 bits per heavy atom. The number of carbonyl (C=O) groups excluding carboxylic acids is 1. The summed E-state index contributed by atoms with van der Waals surface area (Å²) in [5.74, 6) is 0.0833. The number of amides is 1. The van der Waals surface area contributed by atoms with E-state index < -0.39 is 0 Å². The van der Waals surface area contributed by atoms with Crippen LogP contribution >= 0.6 is 0 Å². The van der Waals surface area contributed by atoms with Gasteiger partial charge in [0, 0.05) is 19.8 Å². The molecule has 0 aromatic carbocycles. The molecule has 0 radical (unpaired) electrons. The Morgan fingerprint density at radius 1 is 1.40 bits per heavy atom. The highest BCUT2D eigenvalue weighted by atomic mass is 16.5. The fraction of sp³-hybridized carbons (Fsp3) is 0.929. The Hall–Kier alpha value is -0.690. The molecule has 6 nitrogen and oxygen atoms in total. The second-order valence-corrected chi connectivity index (χ2v) is 5.71. The fourth-order valence-corrected chi connectivity index (χ4v) is 2.96. The molecule has 0 spiro atoms. The monoisotopic (exact) mass is 285 g/mol. The summed E-state index contributed by atoms with van der Waals surface area (Å²) < 4.78 is 10.7. The minimum atomic E-state index is -0.0307. The molecule has 0 aliphatic carbocycles. The summed E-state index contributed by atoms with van der Waals surface area (Å²) in [4.78, 5) is 14.3. The van der Waals surface area contributed by atoms with E-state index in [1.807, 2.05) is 7.05 Å². The molecule has 0 aromatic rings. The van der Waals surface area contributed by atoms with E-state index >= 15 is 0 Å². The van der Waals surface area contributed by atoms with Crippen molar-refractivity contribution in [2.24, 2.45) is 0 Å². The number of hydrogen-bond acceptors (Lipinski definition) is 5. The summed E-state index contributed by atoms with van der Waals surface area (Å²) in [6.07, 6.45) is 3.02. The maximum absolute atomic E-state index is 12.2. The third-order valence-corrected chi connectivity index (χ3v) is 4.28. The summed E-state index contributed by atoms with van der Waals surface area (Å²) in [6.45, 7) is 3.80. The van der Waals surface area contributed by atoms with Crippen LogP contribution in [0, 0.1) is 0 Å². The molecule has 2 fully saturated rings. The first kappa shape index (κ1) is 15.7. The first-order chi connectivity index (χ1) is 9.70. The SMILES string of the molecule is CO[C@@H]1COCC[C@H]1NC(=O)CN(C)C1CCNCC1. The lowest BCUT2D eigenvalue weighted by Gasteiger charge is -2.33. The number of piperidine rings is 1. The molecule has 20 heavy (non-hydrogen) atoms. The van der Waals surface area contributed by atoms with Crippen LogP contribution in [0.4, 0.5) is 0 Å². The van der Waals surface area contributed by atoms with Crippen LogP contribution in [0.25, 0.3) is 0 Å². The predicted octanol–water partition coefficient (Wildman–Crippen LogP) is -0.410. The van der Waals surface area contributed by atoms with E-state index in [0.717, 1.165) is 32.4 Å². The Bertz CT molecular complexity index is 308. The highest BCUT2D eigenvalue weighted by molar-refractivity contribution is 5.78. The molecule has 2 aliphatic rings. The highest BCUT2D eigenvalue weighted by Gasteiger charge is 2.28. The van der Waals surface area contributed by atoms with Gasteiger partial charge in [-0.25, -0.2) is 0 Å². The molecule has 0 saturated carbocycles. The van der Waals surface area contributed by atoms with Gasteiger partial charge >= 0.3 is 0 Å². The van der Waals surface area contributed by atoms with Crippen LogP contribution in [-0.4, -0.2) is 76.0 Å². The summed E-state index contributed by atoms with van der Waals surface area (Å²) >= 11 is 0. The number of likely N-dealkylation sites (N-methyl/N-ethyl adjacent to an activating group) is 1. The van der Waals surface area contributed by atoms with E-state index in [9.17, 15) is 4.79 Å². The van der Waals surface area contributed by atoms with Crippen molar-refractivity contribution in [2.45, 2.75) is 37.5 Å². The van der Waals surface area contributed by atoms with Gasteiger partial charge in [0.25, 0.3) is 0 Å². The van der Waals surface area contributed by atoms with Gasteiger partial charge in [-0.3, -0.25) is 9.69 Å². The zero-order valence-corrected chi connectivity index (χ0v) is 12.6. The molecule has 2 heterocycles. The van der Waals surface area contributed by atoms with E-state index in [1.54, 1.807) is 7.11 Å². The molecule has 0 bridgehead atoms. The molecule has 0 unspecified atom stereocenters. The molecule has 2 rings (SSSR count). The predicted molar refractivity (Wildman–Crippen MR) is 76.7 cm³/mol. The fourth-order valence-electron chi connectivity index (χ4n) is 2.96. The van der Waals surface area contributed by atoms with Crippen molar-refractivity contribution in [1.82, 2.24) is 15.5 Å². The normalized spacial score (nSPS) is 28.6.